The number of carbonyl (C=O) groups excluding carboxylic acids is 1. The van der Waals surface area contributed by atoms with Crippen LogP contribution in [0.3, 0.4) is 0 Å². The van der Waals surface area contributed by atoms with Crippen molar-refractivity contribution in [2.45, 2.75) is 13.3 Å². The first-order valence-electron chi connectivity index (χ1n) is 4.27. The van der Waals surface area contributed by atoms with Crippen molar-refractivity contribution in [2.75, 3.05) is 6.54 Å². The Balaban J connectivity index is 2.37. The first-order valence-corrected chi connectivity index (χ1v) is 4.27. The molecule has 0 saturated heterocycles. The molecule has 3 nitrogen and oxygen atoms in total. The average molecular weight is 178 g/mol. The number of primary amides is 1. The molecule has 0 aliphatic carbocycles. The van der Waals surface area contributed by atoms with E-state index in [0.29, 0.717) is 6.54 Å². The highest BCUT2D eigenvalue weighted by atomic mass is 16.2. The number of rotatable bonds is 3. The third-order valence-electron chi connectivity index (χ3n) is 1.83. The van der Waals surface area contributed by atoms with Gasteiger partial charge in [-0.15, -0.1) is 0 Å². The number of carbonyl (C=O) groups is 1. The van der Waals surface area contributed by atoms with Crippen molar-refractivity contribution in [3.8, 4) is 0 Å². The third kappa shape index (κ3) is 3.60. The smallest absolute Gasteiger partial charge is 0.312 e. The van der Waals surface area contributed by atoms with Crippen LogP contribution in [0.4, 0.5) is 4.79 Å². The summed E-state index contributed by atoms with van der Waals surface area (Å²) in [6.07, 6.45) is 0.823. The number of hydrogen-bond donors (Lipinski definition) is 2. The van der Waals surface area contributed by atoms with Crippen molar-refractivity contribution < 1.29 is 4.79 Å². The van der Waals surface area contributed by atoms with Gasteiger partial charge in [-0.3, -0.25) is 0 Å². The highest BCUT2D eigenvalue weighted by Crippen LogP contribution is 2.02. The van der Waals surface area contributed by atoms with Crippen molar-refractivity contribution in [1.82, 2.24) is 5.32 Å². The fraction of sp³-hybridized carbons (Fsp3) is 0.300. The van der Waals surface area contributed by atoms with Gasteiger partial charge in [0, 0.05) is 6.54 Å². The second-order valence-corrected chi connectivity index (χ2v) is 3.03. The van der Waals surface area contributed by atoms with Crippen molar-refractivity contribution >= 4 is 6.03 Å². The number of nitrogens with one attached hydrogen (secondary N) is 1. The summed E-state index contributed by atoms with van der Waals surface area (Å²) in [6, 6.07) is 7.75. The van der Waals surface area contributed by atoms with Crippen LogP contribution in [-0.2, 0) is 6.42 Å². The van der Waals surface area contributed by atoms with Gasteiger partial charge in [0.25, 0.3) is 0 Å². The molecule has 0 unspecified atom stereocenters. The highest BCUT2D eigenvalue weighted by Gasteiger charge is 1.93. The van der Waals surface area contributed by atoms with Crippen LogP contribution in [0, 0.1) is 6.92 Å². The van der Waals surface area contributed by atoms with E-state index in [2.05, 4.69) is 29.6 Å². The van der Waals surface area contributed by atoms with E-state index >= 15 is 0 Å². The molecule has 1 rings (SSSR count). The number of hydrogen-bond acceptors (Lipinski definition) is 1. The van der Waals surface area contributed by atoms with E-state index in [-0.39, 0.29) is 0 Å². The highest BCUT2D eigenvalue weighted by molar-refractivity contribution is 5.71. The number of benzene rings is 1. The zero-order valence-corrected chi connectivity index (χ0v) is 7.71. The first kappa shape index (κ1) is 9.58. The molecular formula is C10H14N2O. The van der Waals surface area contributed by atoms with E-state index in [9.17, 15) is 4.79 Å². The van der Waals surface area contributed by atoms with Crippen LogP contribution in [0.25, 0.3) is 0 Å². The maximum Gasteiger partial charge on any atom is 0.312 e. The summed E-state index contributed by atoms with van der Waals surface area (Å²) < 4.78 is 0. The normalized spacial score (nSPS) is 9.62. The summed E-state index contributed by atoms with van der Waals surface area (Å²) in [5, 5.41) is 2.55. The molecule has 0 heterocycles. The predicted molar refractivity (Wildman–Crippen MR) is 52.5 cm³/mol. The minimum atomic E-state index is -0.466. The zero-order valence-electron chi connectivity index (χ0n) is 7.71. The Bertz CT molecular complexity index is 279. The number of amides is 2. The van der Waals surface area contributed by atoms with Crippen LogP contribution in [0.2, 0.25) is 0 Å². The lowest BCUT2D eigenvalue weighted by Crippen LogP contribution is -2.30. The topological polar surface area (TPSA) is 55.1 Å². The van der Waals surface area contributed by atoms with Crippen molar-refractivity contribution in [2.24, 2.45) is 5.73 Å². The summed E-state index contributed by atoms with van der Waals surface area (Å²) in [5.41, 5.74) is 7.38. The van der Waals surface area contributed by atoms with Gasteiger partial charge in [-0.05, 0) is 18.9 Å². The maximum atomic E-state index is 10.4. The molecule has 0 aliphatic heterocycles. The lowest BCUT2D eigenvalue weighted by atomic mass is 10.1. The van der Waals surface area contributed by atoms with Gasteiger partial charge in [0.15, 0.2) is 0 Å². The molecule has 0 spiro atoms. The number of urea groups is 1. The molecule has 1 aromatic carbocycles. The lowest BCUT2D eigenvalue weighted by Gasteiger charge is -2.02. The Labute approximate surface area is 77.9 Å². The summed E-state index contributed by atoms with van der Waals surface area (Å²) in [5.74, 6) is 0. The Kier molecular flexibility index (Phi) is 3.31. The largest absolute Gasteiger partial charge is 0.352 e. The second kappa shape index (κ2) is 4.50. The van der Waals surface area contributed by atoms with Crippen LogP contribution < -0.4 is 11.1 Å². The molecule has 3 heteroatoms. The minimum absolute atomic E-state index is 0.466. The Morgan fingerprint density at radius 1 is 1.38 bits per heavy atom. The lowest BCUT2D eigenvalue weighted by molar-refractivity contribution is 0.249. The fourth-order valence-electron chi connectivity index (χ4n) is 1.08. The molecule has 0 fully saturated rings. The molecular weight excluding hydrogens is 164 g/mol. The Morgan fingerprint density at radius 3 is 2.54 bits per heavy atom. The summed E-state index contributed by atoms with van der Waals surface area (Å²) in [7, 11) is 0. The van der Waals surface area contributed by atoms with E-state index in [1.165, 1.54) is 11.1 Å². The van der Waals surface area contributed by atoms with E-state index in [4.69, 9.17) is 5.73 Å². The van der Waals surface area contributed by atoms with Crippen LogP contribution in [-0.4, -0.2) is 12.6 Å². The van der Waals surface area contributed by atoms with Crippen molar-refractivity contribution in [1.29, 1.82) is 0 Å². The summed E-state index contributed by atoms with van der Waals surface area (Å²) in [6.45, 7) is 2.64. The van der Waals surface area contributed by atoms with E-state index in [1.807, 2.05) is 6.92 Å². The quantitative estimate of drug-likeness (QED) is 0.718. The zero-order chi connectivity index (χ0) is 9.68. The molecule has 0 aromatic heterocycles. The van der Waals surface area contributed by atoms with E-state index in [0.717, 1.165) is 6.42 Å². The molecule has 3 N–H and O–H groups in total. The Hall–Kier alpha value is -1.51. The fourth-order valence-corrected chi connectivity index (χ4v) is 1.08. The van der Waals surface area contributed by atoms with Gasteiger partial charge in [-0.2, -0.15) is 0 Å². The first-order chi connectivity index (χ1) is 6.18. The molecule has 13 heavy (non-hydrogen) atoms. The summed E-state index contributed by atoms with van der Waals surface area (Å²) >= 11 is 0. The number of nitrogens with two attached hydrogens (primary N) is 1. The third-order valence-corrected chi connectivity index (χ3v) is 1.83. The molecule has 2 amide bonds. The van der Waals surface area contributed by atoms with Gasteiger partial charge in [-0.25, -0.2) is 4.79 Å². The van der Waals surface area contributed by atoms with E-state index < -0.39 is 6.03 Å². The van der Waals surface area contributed by atoms with Crippen LogP contribution in [0.1, 0.15) is 11.1 Å². The van der Waals surface area contributed by atoms with E-state index in [1.54, 1.807) is 0 Å². The van der Waals surface area contributed by atoms with Gasteiger partial charge in [-0.1, -0.05) is 29.8 Å². The van der Waals surface area contributed by atoms with Gasteiger partial charge in [0.2, 0.25) is 0 Å². The van der Waals surface area contributed by atoms with Crippen LogP contribution in [0.15, 0.2) is 24.3 Å². The van der Waals surface area contributed by atoms with Crippen molar-refractivity contribution in [3.05, 3.63) is 35.4 Å². The predicted octanol–water partition coefficient (Wildman–Crippen LogP) is 1.21. The average Bonchev–Trinajstić information content (AvgIpc) is 2.08. The molecule has 0 aliphatic rings. The second-order valence-electron chi connectivity index (χ2n) is 3.03. The summed E-state index contributed by atoms with van der Waals surface area (Å²) in [4.78, 5) is 10.4. The minimum Gasteiger partial charge on any atom is -0.352 e. The maximum absolute atomic E-state index is 10.4. The van der Waals surface area contributed by atoms with Gasteiger partial charge < -0.3 is 11.1 Å². The monoisotopic (exact) mass is 178 g/mol. The standard InChI is InChI=1S/C10H14N2O/c1-8-2-4-9(5-3-8)6-7-12-10(11)13/h2-5H,6-7H2,1H3,(H3,11,12,13). The molecule has 0 radical (unpaired) electrons. The Morgan fingerprint density at radius 2 is 2.00 bits per heavy atom. The van der Waals surface area contributed by atoms with Crippen molar-refractivity contribution in [3.63, 3.8) is 0 Å². The molecule has 70 valence electrons. The van der Waals surface area contributed by atoms with Gasteiger partial charge in [0.05, 0.1) is 0 Å². The SMILES string of the molecule is Cc1ccc(CCNC(N)=O)cc1. The molecule has 1 aromatic rings. The molecule has 0 atom stereocenters. The van der Waals surface area contributed by atoms with Crippen LogP contribution in [0.5, 0.6) is 0 Å². The van der Waals surface area contributed by atoms with Gasteiger partial charge in [0.1, 0.15) is 0 Å². The van der Waals surface area contributed by atoms with Gasteiger partial charge >= 0.3 is 6.03 Å². The molecule has 0 saturated carbocycles. The number of aryl methyl sites for hydroxylation is 1. The molecule has 0 bridgehead atoms. The van der Waals surface area contributed by atoms with Crippen LogP contribution >= 0.6 is 0 Å².